The molecule has 0 bridgehead atoms. The molecule has 2 rings (SSSR count). The first kappa shape index (κ1) is 18.5. The van der Waals surface area contributed by atoms with E-state index >= 15 is 0 Å². The van der Waals surface area contributed by atoms with Crippen LogP contribution in [-0.4, -0.2) is 69.3 Å². The second-order valence-corrected chi connectivity index (χ2v) is 7.79. The maximum absolute atomic E-state index is 12.5. The molecule has 0 aromatic heterocycles. The van der Waals surface area contributed by atoms with Crippen LogP contribution in [0.5, 0.6) is 0 Å². The molecule has 24 heavy (non-hydrogen) atoms. The van der Waals surface area contributed by atoms with Gasteiger partial charge in [-0.05, 0) is 25.1 Å². The van der Waals surface area contributed by atoms with Crippen LogP contribution >= 0.6 is 11.6 Å². The fourth-order valence-electron chi connectivity index (χ4n) is 2.41. The van der Waals surface area contributed by atoms with Crippen molar-refractivity contribution in [3.05, 3.63) is 28.8 Å². The van der Waals surface area contributed by atoms with Crippen molar-refractivity contribution in [3.63, 3.8) is 0 Å². The fourth-order valence-corrected chi connectivity index (χ4v) is 3.71. The molecule has 0 radical (unpaired) electrons. The van der Waals surface area contributed by atoms with Gasteiger partial charge in [0.25, 0.3) is 5.91 Å². The highest BCUT2D eigenvalue weighted by molar-refractivity contribution is 7.90. The van der Waals surface area contributed by atoms with Crippen LogP contribution in [0.3, 0.4) is 0 Å². The Balaban J connectivity index is 2.10. The van der Waals surface area contributed by atoms with Crippen molar-refractivity contribution in [2.24, 2.45) is 0 Å². The normalized spacial score (nSPS) is 15.3. The number of piperazine rings is 1. The smallest absolute Gasteiger partial charge is 0.409 e. The summed E-state index contributed by atoms with van der Waals surface area (Å²) in [5, 5.41) is 0.0844. The Kier molecular flexibility index (Phi) is 5.71. The lowest BCUT2D eigenvalue weighted by Crippen LogP contribution is -2.50. The summed E-state index contributed by atoms with van der Waals surface area (Å²) in [6, 6.07) is 4.19. The summed E-state index contributed by atoms with van der Waals surface area (Å²) in [6.07, 6.45) is 0.649. The SMILES string of the molecule is CCOC(=O)N1CCN(C(=O)c2ccc(Cl)c(S(C)(=O)=O)c2)CC1. The summed E-state index contributed by atoms with van der Waals surface area (Å²) in [4.78, 5) is 27.2. The summed E-state index contributed by atoms with van der Waals surface area (Å²) in [7, 11) is -3.52. The van der Waals surface area contributed by atoms with Crippen molar-refractivity contribution in [3.8, 4) is 0 Å². The predicted molar refractivity (Wildman–Crippen MR) is 89.1 cm³/mol. The van der Waals surface area contributed by atoms with E-state index in [4.69, 9.17) is 16.3 Å². The quantitative estimate of drug-likeness (QED) is 0.803. The van der Waals surface area contributed by atoms with Gasteiger partial charge < -0.3 is 14.5 Å². The van der Waals surface area contributed by atoms with Crippen LogP contribution in [0.15, 0.2) is 23.1 Å². The van der Waals surface area contributed by atoms with Crippen molar-refractivity contribution in [2.45, 2.75) is 11.8 Å². The molecule has 2 amide bonds. The van der Waals surface area contributed by atoms with Gasteiger partial charge in [-0.1, -0.05) is 11.6 Å². The molecule has 1 heterocycles. The van der Waals surface area contributed by atoms with E-state index in [-0.39, 0.29) is 21.4 Å². The number of hydrogen-bond donors (Lipinski definition) is 0. The molecule has 0 unspecified atom stereocenters. The van der Waals surface area contributed by atoms with Gasteiger partial charge in [-0.15, -0.1) is 0 Å². The maximum atomic E-state index is 12.5. The molecular formula is C15H19ClN2O5S. The maximum Gasteiger partial charge on any atom is 0.409 e. The van der Waals surface area contributed by atoms with E-state index in [1.165, 1.54) is 23.1 Å². The lowest BCUT2D eigenvalue weighted by Gasteiger charge is -2.34. The summed E-state index contributed by atoms with van der Waals surface area (Å²) in [5.74, 6) is -0.292. The number of halogens is 1. The molecule has 0 spiro atoms. The van der Waals surface area contributed by atoms with Crippen LogP contribution in [0.25, 0.3) is 0 Å². The zero-order chi connectivity index (χ0) is 17.9. The standard InChI is InChI=1S/C15H19ClN2O5S/c1-3-23-15(20)18-8-6-17(7-9-18)14(19)11-4-5-12(16)13(10-11)24(2,21)22/h4-5,10H,3,6-9H2,1-2H3. The Bertz CT molecular complexity index is 742. The molecule has 0 saturated carbocycles. The van der Waals surface area contributed by atoms with E-state index in [0.29, 0.717) is 32.8 Å². The minimum Gasteiger partial charge on any atom is -0.450 e. The molecule has 1 aromatic carbocycles. The number of hydrogen-bond acceptors (Lipinski definition) is 5. The zero-order valence-corrected chi connectivity index (χ0v) is 15.1. The second-order valence-electron chi connectivity index (χ2n) is 5.40. The van der Waals surface area contributed by atoms with Crippen LogP contribution in [0.4, 0.5) is 4.79 Å². The largest absolute Gasteiger partial charge is 0.450 e. The highest BCUT2D eigenvalue weighted by Crippen LogP contribution is 2.23. The lowest BCUT2D eigenvalue weighted by molar-refractivity contribution is 0.0570. The van der Waals surface area contributed by atoms with E-state index in [0.717, 1.165) is 6.26 Å². The average molecular weight is 375 g/mol. The van der Waals surface area contributed by atoms with E-state index < -0.39 is 15.9 Å². The van der Waals surface area contributed by atoms with Gasteiger partial charge in [0.15, 0.2) is 9.84 Å². The van der Waals surface area contributed by atoms with Gasteiger partial charge in [0.1, 0.15) is 0 Å². The van der Waals surface area contributed by atoms with Crippen LogP contribution in [0, 0.1) is 0 Å². The topological polar surface area (TPSA) is 84.0 Å². The number of carbonyl (C=O) groups excluding carboxylic acids is 2. The average Bonchev–Trinajstić information content (AvgIpc) is 2.54. The Hall–Kier alpha value is -1.80. The molecule has 132 valence electrons. The molecule has 1 aliphatic heterocycles. The molecule has 1 saturated heterocycles. The summed E-state index contributed by atoms with van der Waals surface area (Å²) >= 11 is 5.89. The Morgan fingerprint density at radius 3 is 2.29 bits per heavy atom. The third kappa shape index (κ3) is 4.18. The third-order valence-electron chi connectivity index (χ3n) is 3.67. The van der Waals surface area contributed by atoms with E-state index in [9.17, 15) is 18.0 Å². The number of rotatable bonds is 3. The number of carbonyl (C=O) groups is 2. The third-order valence-corrected chi connectivity index (χ3v) is 5.25. The van der Waals surface area contributed by atoms with Crippen LogP contribution in [-0.2, 0) is 14.6 Å². The van der Waals surface area contributed by atoms with Gasteiger partial charge in [0.05, 0.1) is 16.5 Å². The molecule has 0 N–H and O–H groups in total. The number of amides is 2. The fraction of sp³-hybridized carbons (Fsp3) is 0.467. The Morgan fingerprint density at radius 2 is 1.75 bits per heavy atom. The van der Waals surface area contributed by atoms with Gasteiger partial charge in [-0.2, -0.15) is 0 Å². The minimum absolute atomic E-state index is 0.0693. The lowest BCUT2D eigenvalue weighted by atomic mass is 10.2. The highest BCUT2D eigenvalue weighted by atomic mass is 35.5. The van der Waals surface area contributed by atoms with E-state index in [1.54, 1.807) is 11.8 Å². The van der Waals surface area contributed by atoms with Gasteiger partial charge in [0, 0.05) is 38.0 Å². The number of nitrogens with zero attached hydrogens (tertiary/aromatic N) is 2. The first-order valence-electron chi connectivity index (χ1n) is 7.44. The summed E-state index contributed by atoms with van der Waals surface area (Å²) < 4.78 is 28.4. The zero-order valence-electron chi connectivity index (χ0n) is 13.5. The summed E-state index contributed by atoms with van der Waals surface area (Å²) in [5.41, 5.74) is 0.254. The van der Waals surface area contributed by atoms with Crippen LogP contribution in [0.2, 0.25) is 5.02 Å². The van der Waals surface area contributed by atoms with Gasteiger partial charge in [-0.3, -0.25) is 4.79 Å². The molecule has 1 fully saturated rings. The van der Waals surface area contributed by atoms with Crippen LogP contribution < -0.4 is 0 Å². The Morgan fingerprint density at radius 1 is 1.17 bits per heavy atom. The first-order chi connectivity index (χ1) is 11.2. The molecule has 0 aliphatic carbocycles. The van der Waals surface area contributed by atoms with Crippen molar-refractivity contribution in [2.75, 3.05) is 39.0 Å². The van der Waals surface area contributed by atoms with Crippen molar-refractivity contribution >= 4 is 33.4 Å². The van der Waals surface area contributed by atoms with Crippen molar-refractivity contribution in [1.82, 2.24) is 9.80 Å². The van der Waals surface area contributed by atoms with Crippen LogP contribution in [0.1, 0.15) is 17.3 Å². The van der Waals surface area contributed by atoms with Gasteiger partial charge >= 0.3 is 6.09 Å². The minimum atomic E-state index is -3.52. The van der Waals surface area contributed by atoms with Crippen molar-refractivity contribution < 1.29 is 22.7 Å². The van der Waals surface area contributed by atoms with Gasteiger partial charge in [0.2, 0.25) is 0 Å². The molecule has 7 nitrogen and oxygen atoms in total. The number of sulfone groups is 1. The Labute approximate surface area is 146 Å². The van der Waals surface area contributed by atoms with Crippen molar-refractivity contribution in [1.29, 1.82) is 0 Å². The number of ether oxygens (including phenoxy) is 1. The molecule has 0 atom stereocenters. The molecule has 9 heteroatoms. The monoisotopic (exact) mass is 374 g/mol. The molecular weight excluding hydrogens is 356 g/mol. The second kappa shape index (κ2) is 7.40. The molecule has 1 aliphatic rings. The highest BCUT2D eigenvalue weighted by Gasteiger charge is 2.26. The van der Waals surface area contributed by atoms with E-state index in [1.807, 2.05) is 0 Å². The molecule has 1 aromatic rings. The van der Waals surface area contributed by atoms with Gasteiger partial charge in [-0.25, -0.2) is 13.2 Å². The number of benzene rings is 1. The van der Waals surface area contributed by atoms with E-state index in [2.05, 4.69) is 0 Å². The summed E-state index contributed by atoms with van der Waals surface area (Å²) in [6.45, 7) is 3.49. The predicted octanol–water partition coefficient (Wildman–Crippen LogP) is 1.66. The first-order valence-corrected chi connectivity index (χ1v) is 9.71.